The summed E-state index contributed by atoms with van der Waals surface area (Å²) < 4.78 is 10.4. The first-order valence-electron chi connectivity index (χ1n) is 9.15. The number of methoxy groups -OCH3 is 2. The largest absolute Gasteiger partial charge is 0.507 e. The fourth-order valence-electron chi connectivity index (χ4n) is 3.41. The van der Waals surface area contributed by atoms with Gasteiger partial charge in [0.2, 0.25) is 0 Å². The molecular weight excluding hydrogens is 394 g/mol. The molecule has 0 saturated carbocycles. The van der Waals surface area contributed by atoms with Gasteiger partial charge in [-0.2, -0.15) is 0 Å². The SMILES string of the molecule is COCCCN1C(=O)C(=O)/C(=C(/O)c2ccc(Cl)cc2)[C@@H]1c1cccc(OC)c1. The van der Waals surface area contributed by atoms with E-state index in [0.29, 0.717) is 41.5 Å². The van der Waals surface area contributed by atoms with E-state index in [1.54, 1.807) is 62.8 Å². The van der Waals surface area contributed by atoms with E-state index in [0.717, 1.165) is 0 Å². The molecule has 1 amide bonds. The number of amides is 1. The Bertz CT molecular complexity index is 938. The van der Waals surface area contributed by atoms with Crippen molar-refractivity contribution in [2.45, 2.75) is 12.5 Å². The van der Waals surface area contributed by atoms with E-state index < -0.39 is 17.7 Å². The summed E-state index contributed by atoms with van der Waals surface area (Å²) in [6, 6.07) is 12.9. The van der Waals surface area contributed by atoms with Gasteiger partial charge in [0.1, 0.15) is 11.5 Å². The van der Waals surface area contributed by atoms with E-state index in [-0.39, 0.29) is 11.3 Å². The first-order chi connectivity index (χ1) is 14.0. The van der Waals surface area contributed by atoms with Crippen molar-refractivity contribution in [3.05, 3.63) is 70.3 Å². The zero-order valence-electron chi connectivity index (χ0n) is 16.2. The number of likely N-dealkylation sites (tertiary alicyclic amines) is 1. The van der Waals surface area contributed by atoms with Crippen LogP contribution in [0, 0.1) is 0 Å². The van der Waals surface area contributed by atoms with Gasteiger partial charge in [-0.15, -0.1) is 0 Å². The van der Waals surface area contributed by atoms with Crippen LogP contribution in [0.5, 0.6) is 5.75 Å². The summed E-state index contributed by atoms with van der Waals surface area (Å²) in [4.78, 5) is 27.1. The van der Waals surface area contributed by atoms with E-state index in [1.807, 2.05) is 0 Å². The third-order valence-electron chi connectivity index (χ3n) is 4.81. The molecular formula is C22H22ClNO5. The van der Waals surface area contributed by atoms with E-state index in [1.165, 1.54) is 4.90 Å². The van der Waals surface area contributed by atoms with Gasteiger partial charge in [0, 0.05) is 30.8 Å². The number of hydrogen-bond donors (Lipinski definition) is 1. The molecule has 1 heterocycles. The van der Waals surface area contributed by atoms with Gasteiger partial charge in [-0.3, -0.25) is 9.59 Å². The fraction of sp³-hybridized carbons (Fsp3) is 0.273. The zero-order chi connectivity index (χ0) is 21.0. The standard InChI is InChI=1S/C22H22ClNO5/c1-28-12-4-11-24-19(15-5-3-6-17(13-15)29-2)18(21(26)22(24)27)20(25)14-7-9-16(23)10-8-14/h3,5-10,13,19,25H,4,11-12H2,1-2H3/b20-18+/t19-/m0/s1. The van der Waals surface area contributed by atoms with Gasteiger partial charge in [-0.25, -0.2) is 0 Å². The quantitative estimate of drug-likeness (QED) is 0.322. The summed E-state index contributed by atoms with van der Waals surface area (Å²) in [5.41, 5.74) is 1.14. The molecule has 2 aromatic rings. The summed E-state index contributed by atoms with van der Waals surface area (Å²) >= 11 is 5.93. The molecule has 6 nitrogen and oxygen atoms in total. The van der Waals surface area contributed by atoms with Crippen molar-refractivity contribution in [3.8, 4) is 5.75 Å². The van der Waals surface area contributed by atoms with Crippen molar-refractivity contribution in [1.29, 1.82) is 0 Å². The molecule has 0 aliphatic carbocycles. The van der Waals surface area contributed by atoms with Crippen molar-refractivity contribution < 1.29 is 24.2 Å². The minimum Gasteiger partial charge on any atom is -0.507 e. The molecule has 1 aliphatic rings. The summed E-state index contributed by atoms with van der Waals surface area (Å²) in [7, 11) is 3.12. The van der Waals surface area contributed by atoms with Gasteiger partial charge in [0.15, 0.2) is 0 Å². The van der Waals surface area contributed by atoms with Gasteiger partial charge in [0.25, 0.3) is 11.7 Å². The highest BCUT2D eigenvalue weighted by atomic mass is 35.5. The Morgan fingerprint density at radius 3 is 2.52 bits per heavy atom. The molecule has 1 N–H and O–H groups in total. The first-order valence-corrected chi connectivity index (χ1v) is 9.53. The van der Waals surface area contributed by atoms with Gasteiger partial charge in [-0.05, 0) is 48.4 Å². The third kappa shape index (κ3) is 4.28. The lowest BCUT2D eigenvalue weighted by molar-refractivity contribution is -0.140. The Morgan fingerprint density at radius 2 is 1.86 bits per heavy atom. The lowest BCUT2D eigenvalue weighted by atomic mass is 9.95. The molecule has 1 saturated heterocycles. The number of rotatable bonds is 7. The predicted octanol–water partition coefficient (Wildman–Crippen LogP) is 3.81. The van der Waals surface area contributed by atoms with Gasteiger partial charge in [-0.1, -0.05) is 23.7 Å². The minimum absolute atomic E-state index is 0.0444. The Labute approximate surface area is 174 Å². The van der Waals surface area contributed by atoms with E-state index in [2.05, 4.69) is 0 Å². The van der Waals surface area contributed by atoms with Gasteiger partial charge >= 0.3 is 0 Å². The van der Waals surface area contributed by atoms with Crippen molar-refractivity contribution in [1.82, 2.24) is 4.90 Å². The van der Waals surface area contributed by atoms with Crippen LogP contribution in [0.1, 0.15) is 23.6 Å². The number of ketones is 1. The number of aliphatic hydroxyl groups is 1. The molecule has 152 valence electrons. The fourth-order valence-corrected chi connectivity index (χ4v) is 3.54. The Hall–Kier alpha value is -2.83. The van der Waals surface area contributed by atoms with Crippen molar-refractivity contribution in [3.63, 3.8) is 0 Å². The molecule has 0 aromatic heterocycles. The number of ether oxygens (including phenoxy) is 2. The maximum atomic E-state index is 12.9. The highest BCUT2D eigenvalue weighted by Crippen LogP contribution is 2.40. The second-order valence-electron chi connectivity index (χ2n) is 6.62. The van der Waals surface area contributed by atoms with Crippen LogP contribution in [0.4, 0.5) is 0 Å². The molecule has 1 aliphatic heterocycles. The van der Waals surface area contributed by atoms with Gasteiger partial charge < -0.3 is 19.5 Å². The summed E-state index contributed by atoms with van der Waals surface area (Å²) in [5, 5.41) is 11.4. The van der Waals surface area contributed by atoms with Crippen molar-refractivity contribution in [2.75, 3.05) is 27.4 Å². The Kier molecular flexibility index (Phi) is 6.56. The van der Waals surface area contributed by atoms with Gasteiger partial charge in [0.05, 0.1) is 18.7 Å². The molecule has 0 spiro atoms. The zero-order valence-corrected chi connectivity index (χ0v) is 17.0. The monoisotopic (exact) mass is 415 g/mol. The first kappa shape index (κ1) is 20.9. The van der Waals surface area contributed by atoms with Crippen LogP contribution in [-0.4, -0.2) is 49.1 Å². The highest BCUT2D eigenvalue weighted by molar-refractivity contribution is 6.46. The average molecular weight is 416 g/mol. The van der Waals surface area contributed by atoms with Crippen LogP contribution in [0.15, 0.2) is 54.1 Å². The average Bonchev–Trinajstić information content (AvgIpc) is 2.99. The normalized spacial score (nSPS) is 18.3. The maximum absolute atomic E-state index is 12.9. The molecule has 1 fully saturated rings. The summed E-state index contributed by atoms with van der Waals surface area (Å²) in [5.74, 6) is -1.01. The lowest BCUT2D eigenvalue weighted by Crippen LogP contribution is -2.31. The lowest BCUT2D eigenvalue weighted by Gasteiger charge is -2.25. The predicted molar refractivity (Wildman–Crippen MR) is 110 cm³/mol. The molecule has 7 heteroatoms. The molecule has 0 unspecified atom stereocenters. The van der Waals surface area contributed by atoms with E-state index >= 15 is 0 Å². The Balaban J connectivity index is 2.12. The number of benzene rings is 2. The number of carbonyl (C=O) groups is 2. The summed E-state index contributed by atoms with van der Waals surface area (Å²) in [6.45, 7) is 0.767. The smallest absolute Gasteiger partial charge is 0.295 e. The van der Waals surface area contributed by atoms with Crippen LogP contribution >= 0.6 is 11.6 Å². The second kappa shape index (κ2) is 9.11. The number of hydrogen-bond acceptors (Lipinski definition) is 5. The molecule has 2 aromatic carbocycles. The molecule has 3 rings (SSSR count). The number of Topliss-reactive ketones (excluding diaryl/α,β-unsaturated/α-hetero) is 1. The van der Waals surface area contributed by atoms with Crippen LogP contribution in [0.25, 0.3) is 5.76 Å². The van der Waals surface area contributed by atoms with E-state index in [9.17, 15) is 14.7 Å². The van der Waals surface area contributed by atoms with Crippen LogP contribution in [0.2, 0.25) is 5.02 Å². The molecule has 0 radical (unpaired) electrons. The van der Waals surface area contributed by atoms with Crippen LogP contribution in [0.3, 0.4) is 0 Å². The summed E-state index contributed by atoms with van der Waals surface area (Å²) in [6.07, 6.45) is 0.560. The van der Waals surface area contributed by atoms with Crippen LogP contribution in [-0.2, 0) is 14.3 Å². The molecule has 1 atom stereocenters. The maximum Gasteiger partial charge on any atom is 0.295 e. The van der Waals surface area contributed by atoms with Crippen molar-refractivity contribution >= 4 is 29.1 Å². The number of halogens is 1. The second-order valence-corrected chi connectivity index (χ2v) is 7.06. The highest BCUT2D eigenvalue weighted by Gasteiger charge is 2.45. The third-order valence-corrected chi connectivity index (χ3v) is 5.07. The minimum atomic E-state index is -0.724. The molecule has 29 heavy (non-hydrogen) atoms. The van der Waals surface area contributed by atoms with Crippen LogP contribution < -0.4 is 4.74 Å². The number of aliphatic hydroxyl groups excluding tert-OH is 1. The topological polar surface area (TPSA) is 76.1 Å². The van der Waals surface area contributed by atoms with E-state index in [4.69, 9.17) is 21.1 Å². The number of nitrogens with zero attached hydrogens (tertiary/aromatic N) is 1. The Morgan fingerprint density at radius 1 is 1.14 bits per heavy atom. The number of carbonyl (C=O) groups excluding carboxylic acids is 2. The molecule has 0 bridgehead atoms. The van der Waals surface area contributed by atoms with Crippen molar-refractivity contribution in [2.24, 2.45) is 0 Å².